The van der Waals surface area contributed by atoms with E-state index in [2.05, 4.69) is 9.82 Å². The van der Waals surface area contributed by atoms with Crippen LogP contribution in [0.5, 0.6) is 0 Å². The van der Waals surface area contributed by atoms with Crippen LogP contribution in [0.1, 0.15) is 36.9 Å². The van der Waals surface area contributed by atoms with Crippen molar-refractivity contribution in [3.05, 3.63) is 65.5 Å². The van der Waals surface area contributed by atoms with Crippen LogP contribution in [0.25, 0.3) is 0 Å². The monoisotopic (exact) mass is 389 g/mol. The lowest BCUT2D eigenvalue weighted by atomic mass is 9.97. The van der Waals surface area contributed by atoms with E-state index in [-0.39, 0.29) is 18.7 Å². The molecule has 1 heterocycles. The van der Waals surface area contributed by atoms with Gasteiger partial charge in [-0.05, 0) is 12.1 Å². The second-order valence-electron chi connectivity index (χ2n) is 6.30. The van der Waals surface area contributed by atoms with Gasteiger partial charge >= 0.3 is 0 Å². The highest BCUT2D eigenvalue weighted by Gasteiger charge is 2.34. The summed E-state index contributed by atoms with van der Waals surface area (Å²) in [6.45, 7) is 1.72. The quantitative estimate of drug-likeness (QED) is 0.852. The Morgan fingerprint density at radius 1 is 1.22 bits per heavy atom. The number of sulfonamides is 1. The molecular weight excluding hydrogens is 369 g/mol. The zero-order valence-electron chi connectivity index (χ0n) is 15.0. The Morgan fingerprint density at radius 3 is 2.56 bits per heavy atom. The maximum absolute atomic E-state index is 14.3. The average Bonchev–Trinajstić information content (AvgIpc) is 3.05. The molecule has 1 N–H and O–H groups in total. The Bertz CT molecular complexity index is 1000. The van der Waals surface area contributed by atoms with Gasteiger partial charge in [0.15, 0.2) is 0 Å². The van der Waals surface area contributed by atoms with Gasteiger partial charge < -0.3 is 0 Å². The first-order valence-corrected chi connectivity index (χ1v) is 10.4. The number of amides is 1. The fourth-order valence-electron chi connectivity index (χ4n) is 3.08. The second kappa shape index (κ2) is 7.48. The molecule has 1 atom stereocenters. The molecule has 0 spiro atoms. The molecule has 2 aromatic rings. The molecular formula is C19H20FN3O3S. The van der Waals surface area contributed by atoms with E-state index < -0.39 is 21.9 Å². The SMILES string of the molecule is CCC(=O)N1N=C(c2ccccc2NS(C)(=O)=O)C[C@@H]1c1ccccc1F. The van der Waals surface area contributed by atoms with Crippen molar-refractivity contribution in [3.63, 3.8) is 0 Å². The smallest absolute Gasteiger partial charge is 0.242 e. The van der Waals surface area contributed by atoms with E-state index in [0.29, 0.717) is 22.5 Å². The lowest BCUT2D eigenvalue weighted by Crippen LogP contribution is -2.26. The number of nitrogens with zero attached hydrogens (tertiary/aromatic N) is 2. The van der Waals surface area contributed by atoms with Gasteiger partial charge in [0, 0.05) is 24.0 Å². The van der Waals surface area contributed by atoms with Crippen molar-refractivity contribution in [1.29, 1.82) is 0 Å². The summed E-state index contributed by atoms with van der Waals surface area (Å²) in [4.78, 5) is 12.4. The number of hydrogen-bond acceptors (Lipinski definition) is 4. The summed E-state index contributed by atoms with van der Waals surface area (Å²) in [5.74, 6) is -0.637. The van der Waals surface area contributed by atoms with E-state index in [1.807, 2.05) is 0 Å². The summed E-state index contributed by atoms with van der Waals surface area (Å²) in [5, 5.41) is 5.71. The first kappa shape index (κ1) is 19.0. The molecule has 0 radical (unpaired) electrons. The van der Waals surface area contributed by atoms with Crippen LogP contribution in [0.2, 0.25) is 0 Å². The molecule has 0 saturated heterocycles. The summed E-state index contributed by atoms with van der Waals surface area (Å²) in [7, 11) is -3.48. The number of nitrogens with one attached hydrogen (secondary N) is 1. The first-order chi connectivity index (χ1) is 12.8. The van der Waals surface area contributed by atoms with Gasteiger partial charge in [-0.3, -0.25) is 9.52 Å². The van der Waals surface area contributed by atoms with Crippen LogP contribution >= 0.6 is 0 Å². The van der Waals surface area contributed by atoms with Gasteiger partial charge in [-0.25, -0.2) is 17.8 Å². The molecule has 0 aliphatic carbocycles. The van der Waals surface area contributed by atoms with Crippen molar-refractivity contribution < 1.29 is 17.6 Å². The van der Waals surface area contributed by atoms with Crippen LogP contribution in [0.15, 0.2) is 53.6 Å². The molecule has 1 aliphatic heterocycles. The second-order valence-corrected chi connectivity index (χ2v) is 8.05. The molecule has 1 amide bonds. The molecule has 142 valence electrons. The molecule has 0 unspecified atom stereocenters. The minimum absolute atomic E-state index is 0.227. The Morgan fingerprint density at radius 2 is 1.89 bits per heavy atom. The number of anilines is 1. The molecule has 8 heteroatoms. The third kappa shape index (κ3) is 4.16. The van der Waals surface area contributed by atoms with Gasteiger partial charge in [0.05, 0.1) is 23.7 Å². The molecule has 6 nitrogen and oxygen atoms in total. The van der Waals surface area contributed by atoms with Gasteiger partial charge in [-0.2, -0.15) is 5.10 Å². The molecule has 0 aromatic heterocycles. The van der Waals surface area contributed by atoms with E-state index in [4.69, 9.17) is 0 Å². The standard InChI is InChI=1S/C19H20FN3O3S/c1-3-19(24)23-18(13-8-4-6-10-15(13)20)12-17(21-23)14-9-5-7-11-16(14)22-27(2,25)26/h4-11,18,22H,3,12H2,1-2H3/t18-/m1/s1. The van der Waals surface area contributed by atoms with E-state index in [9.17, 15) is 17.6 Å². The normalized spacial score (nSPS) is 16.9. The van der Waals surface area contributed by atoms with Gasteiger partial charge in [0.1, 0.15) is 5.82 Å². The highest BCUT2D eigenvalue weighted by Crippen LogP contribution is 2.35. The number of hydrogen-bond donors (Lipinski definition) is 1. The van der Waals surface area contributed by atoms with Crippen LogP contribution < -0.4 is 4.72 Å². The van der Waals surface area contributed by atoms with Gasteiger partial charge in [-0.15, -0.1) is 0 Å². The number of benzene rings is 2. The predicted molar refractivity (Wildman–Crippen MR) is 102 cm³/mol. The van der Waals surface area contributed by atoms with Gasteiger partial charge in [0.25, 0.3) is 0 Å². The van der Waals surface area contributed by atoms with Gasteiger partial charge in [0.2, 0.25) is 15.9 Å². The summed E-state index contributed by atoms with van der Waals surface area (Å²) >= 11 is 0. The molecule has 0 bridgehead atoms. The number of carbonyl (C=O) groups excluding carboxylic acids is 1. The number of halogens is 1. The van der Waals surface area contributed by atoms with E-state index in [1.165, 1.54) is 11.1 Å². The summed E-state index contributed by atoms with van der Waals surface area (Å²) in [6.07, 6.45) is 1.58. The average molecular weight is 389 g/mol. The number of hydrazone groups is 1. The highest BCUT2D eigenvalue weighted by atomic mass is 32.2. The van der Waals surface area contributed by atoms with Crippen molar-refractivity contribution in [2.45, 2.75) is 25.8 Å². The topological polar surface area (TPSA) is 78.8 Å². The Balaban J connectivity index is 2.03. The van der Waals surface area contributed by atoms with Crippen LogP contribution in [-0.2, 0) is 14.8 Å². The van der Waals surface area contributed by atoms with E-state index >= 15 is 0 Å². The fraction of sp³-hybridized carbons (Fsp3) is 0.263. The number of rotatable bonds is 5. The highest BCUT2D eigenvalue weighted by molar-refractivity contribution is 7.92. The molecule has 27 heavy (non-hydrogen) atoms. The van der Waals surface area contributed by atoms with Crippen molar-refractivity contribution in [2.75, 3.05) is 11.0 Å². The maximum atomic E-state index is 14.3. The summed E-state index contributed by atoms with van der Waals surface area (Å²) < 4.78 is 40.1. The van der Waals surface area contributed by atoms with E-state index in [0.717, 1.165) is 6.26 Å². The number of carbonyl (C=O) groups is 1. The zero-order valence-corrected chi connectivity index (χ0v) is 15.8. The van der Waals surface area contributed by atoms with Crippen LogP contribution in [0, 0.1) is 5.82 Å². The van der Waals surface area contributed by atoms with Crippen molar-refractivity contribution in [2.24, 2.45) is 5.10 Å². The lowest BCUT2D eigenvalue weighted by molar-refractivity contribution is -0.132. The summed E-state index contributed by atoms with van der Waals surface area (Å²) in [5.41, 5.74) is 1.84. The lowest BCUT2D eigenvalue weighted by Gasteiger charge is -2.21. The fourth-order valence-corrected chi connectivity index (χ4v) is 3.65. The molecule has 0 fully saturated rings. The van der Waals surface area contributed by atoms with Crippen LogP contribution in [0.3, 0.4) is 0 Å². The third-order valence-electron chi connectivity index (χ3n) is 4.27. The maximum Gasteiger partial charge on any atom is 0.242 e. The van der Waals surface area contributed by atoms with E-state index in [1.54, 1.807) is 49.4 Å². The van der Waals surface area contributed by atoms with Crippen molar-refractivity contribution >= 4 is 27.3 Å². The third-order valence-corrected chi connectivity index (χ3v) is 4.86. The number of para-hydroxylation sites is 1. The zero-order chi connectivity index (χ0) is 19.6. The Kier molecular flexibility index (Phi) is 5.27. The minimum Gasteiger partial charge on any atom is -0.283 e. The predicted octanol–water partition coefficient (Wildman–Crippen LogP) is 3.28. The summed E-state index contributed by atoms with van der Waals surface area (Å²) in [6, 6.07) is 12.5. The molecule has 3 rings (SSSR count). The molecule has 2 aromatic carbocycles. The Hall–Kier alpha value is -2.74. The van der Waals surface area contributed by atoms with Gasteiger partial charge in [-0.1, -0.05) is 43.3 Å². The van der Waals surface area contributed by atoms with Crippen molar-refractivity contribution in [3.8, 4) is 0 Å². The molecule has 1 aliphatic rings. The minimum atomic E-state index is -3.48. The molecule has 0 saturated carbocycles. The van der Waals surface area contributed by atoms with Crippen LogP contribution in [0.4, 0.5) is 10.1 Å². The van der Waals surface area contributed by atoms with Crippen LogP contribution in [-0.4, -0.2) is 31.3 Å². The Labute approximate surface area is 157 Å². The largest absolute Gasteiger partial charge is 0.283 e. The van der Waals surface area contributed by atoms with Crippen molar-refractivity contribution in [1.82, 2.24) is 5.01 Å². The first-order valence-electron chi connectivity index (χ1n) is 8.51.